The minimum absolute atomic E-state index is 0. The lowest BCUT2D eigenvalue weighted by atomic mass is 10.2. The van der Waals surface area contributed by atoms with Gasteiger partial charge in [-0.15, -0.1) is 24.0 Å². The van der Waals surface area contributed by atoms with Crippen molar-refractivity contribution >= 4 is 29.9 Å². The standard InChI is InChI=1S/C13H16FN5.HI/c1-15-13(17-9-12-6-7-18-19-12)16-8-10-2-4-11(14)5-3-10;/h2-7H,8-9H2,1H3,(H,18,19)(H2,15,16,17);1H. The number of H-pyrrole nitrogens is 1. The van der Waals surface area contributed by atoms with Gasteiger partial charge < -0.3 is 10.6 Å². The second kappa shape index (κ2) is 8.51. The number of aromatic amines is 1. The normalized spacial score (nSPS) is 10.8. The van der Waals surface area contributed by atoms with Gasteiger partial charge in [0, 0.05) is 19.8 Å². The monoisotopic (exact) mass is 389 g/mol. The van der Waals surface area contributed by atoms with Crippen molar-refractivity contribution in [1.82, 2.24) is 20.8 Å². The van der Waals surface area contributed by atoms with Crippen LogP contribution >= 0.6 is 24.0 Å². The third kappa shape index (κ3) is 5.16. The number of hydrogen-bond acceptors (Lipinski definition) is 2. The molecule has 0 saturated carbocycles. The molecule has 0 amide bonds. The Hall–Kier alpha value is -1.64. The fraction of sp³-hybridized carbons (Fsp3) is 0.231. The van der Waals surface area contributed by atoms with E-state index in [-0.39, 0.29) is 29.8 Å². The molecule has 0 atom stereocenters. The molecular formula is C13H17FIN5. The summed E-state index contributed by atoms with van der Waals surface area (Å²) in [7, 11) is 1.70. The van der Waals surface area contributed by atoms with E-state index in [1.165, 1.54) is 12.1 Å². The average molecular weight is 389 g/mol. The Morgan fingerprint density at radius 2 is 1.90 bits per heavy atom. The SMILES string of the molecule is CN=C(NCc1ccc(F)cc1)NCc1ccn[nH]1.I. The highest BCUT2D eigenvalue weighted by molar-refractivity contribution is 14.0. The molecule has 0 spiro atoms. The van der Waals surface area contributed by atoms with Gasteiger partial charge in [0.2, 0.25) is 0 Å². The van der Waals surface area contributed by atoms with E-state index >= 15 is 0 Å². The summed E-state index contributed by atoms with van der Waals surface area (Å²) in [6.07, 6.45) is 1.70. The van der Waals surface area contributed by atoms with Crippen LogP contribution in [0.2, 0.25) is 0 Å². The van der Waals surface area contributed by atoms with Crippen LogP contribution in [0, 0.1) is 5.82 Å². The quantitative estimate of drug-likeness (QED) is 0.426. The average Bonchev–Trinajstić information content (AvgIpc) is 2.94. The zero-order valence-corrected chi connectivity index (χ0v) is 13.4. The predicted molar refractivity (Wildman–Crippen MR) is 87.4 cm³/mol. The predicted octanol–water partition coefficient (Wildman–Crippen LogP) is 2.03. The van der Waals surface area contributed by atoms with Gasteiger partial charge in [-0.1, -0.05) is 12.1 Å². The summed E-state index contributed by atoms with van der Waals surface area (Å²) in [4.78, 5) is 4.11. The summed E-state index contributed by atoms with van der Waals surface area (Å²) in [5.74, 6) is 0.449. The molecule has 1 aromatic carbocycles. The number of nitrogens with one attached hydrogen (secondary N) is 3. The number of aliphatic imine (C=N–C) groups is 1. The Balaban J connectivity index is 0.00000200. The van der Waals surface area contributed by atoms with Crippen molar-refractivity contribution in [2.24, 2.45) is 4.99 Å². The van der Waals surface area contributed by atoms with E-state index < -0.39 is 0 Å². The number of hydrogen-bond donors (Lipinski definition) is 3. The first-order valence-corrected chi connectivity index (χ1v) is 5.95. The first-order chi connectivity index (χ1) is 9.28. The van der Waals surface area contributed by atoms with Crippen molar-refractivity contribution in [3.05, 3.63) is 53.6 Å². The van der Waals surface area contributed by atoms with Gasteiger partial charge in [0.1, 0.15) is 5.82 Å². The van der Waals surface area contributed by atoms with E-state index in [1.807, 2.05) is 6.07 Å². The third-order valence-electron chi connectivity index (χ3n) is 2.60. The molecule has 1 heterocycles. The van der Waals surface area contributed by atoms with Crippen LogP contribution in [0.5, 0.6) is 0 Å². The molecule has 7 heteroatoms. The topological polar surface area (TPSA) is 65.1 Å². The maximum Gasteiger partial charge on any atom is 0.191 e. The van der Waals surface area contributed by atoms with Crippen molar-refractivity contribution in [2.45, 2.75) is 13.1 Å². The smallest absolute Gasteiger partial charge is 0.191 e. The fourth-order valence-corrected chi connectivity index (χ4v) is 1.57. The van der Waals surface area contributed by atoms with Gasteiger partial charge in [-0.3, -0.25) is 10.1 Å². The van der Waals surface area contributed by atoms with Gasteiger partial charge >= 0.3 is 0 Å². The zero-order chi connectivity index (χ0) is 13.5. The van der Waals surface area contributed by atoms with Crippen LogP contribution in [0.3, 0.4) is 0 Å². The molecule has 0 aliphatic heterocycles. The van der Waals surface area contributed by atoms with Crippen molar-refractivity contribution in [2.75, 3.05) is 7.05 Å². The molecule has 0 aliphatic rings. The molecule has 3 N–H and O–H groups in total. The minimum atomic E-state index is -0.231. The Morgan fingerprint density at radius 1 is 1.20 bits per heavy atom. The van der Waals surface area contributed by atoms with E-state index in [9.17, 15) is 4.39 Å². The summed E-state index contributed by atoms with van der Waals surface area (Å²) in [6, 6.07) is 8.25. The highest BCUT2D eigenvalue weighted by Gasteiger charge is 1.99. The van der Waals surface area contributed by atoms with Crippen molar-refractivity contribution in [3.63, 3.8) is 0 Å². The van der Waals surface area contributed by atoms with Crippen molar-refractivity contribution < 1.29 is 4.39 Å². The van der Waals surface area contributed by atoms with E-state index in [2.05, 4.69) is 25.8 Å². The fourth-order valence-electron chi connectivity index (χ4n) is 1.57. The number of halogens is 2. The Bertz CT molecular complexity index is 524. The van der Waals surface area contributed by atoms with Gasteiger partial charge in [-0.25, -0.2) is 4.39 Å². The van der Waals surface area contributed by atoms with Gasteiger partial charge in [0.05, 0.1) is 12.2 Å². The van der Waals surface area contributed by atoms with Crippen molar-refractivity contribution in [3.8, 4) is 0 Å². The van der Waals surface area contributed by atoms with E-state index in [0.29, 0.717) is 19.0 Å². The largest absolute Gasteiger partial charge is 0.352 e. The minimum Gasteiger partial charge on any atom is -0.352 e. The third-order valence-corrected chi connectivity index (χ3v) is 2.60. The van der Waals surface area contributed by atoms with E-state index in [0.717, 1.165) is 11.3 Å². The number of benzene rings is 1. The van der Waals surface area contributed by atoms with Gasteiger partial charge in [0.15, 0.2) is 5.96 Å². The molecule has 0 unspecified atom stereocenters. The summed E-state index contributed by atoms with van der Waals surface area (Å²) >= 11 is 0. The van der Waals surface area contributed by atoms with Crippen LogP contribution in [-0.2, 0) is 13.1 Å². The maximum atomic E-state index is 12.8. The van der Waals surface area contributed by atoms with Crippen LogP contribution in [0.1, 0.15) is 11.3 Å². The molecule has 20 heavy (non-hydrogen) atoms. The summed E-state index contributed by atoms with van der Waals surface area (Å²) in [5, 5.41) is 13.0. The molecule has 0 saturated heterocycles. The van der Waals surface area contributed by atoms with Crippen LogP contribution in [0.25, 0.3) is 0 Å². The van der Waals surface area contributed by atoms with Gasteiger partial charge in [-0.05, 0) is 23.8 Å². The lowest BCUT2D eigenvalue weighted by Crippen LogP contribution is -2.36. The summed E-state index contributed by atoms with van der Waals surface area (Å²) in [5.41, 5.74) is 1.97. The first kappa shape index (κ1) is 16.4. The lowest BCUT2D eigenvalue weighted by molar-refractivity contribution is 0.626. The maximum absolute atomic E-state index is 12.8. The molecule has 2 aromatic rings. The number of rotatable bonds is 4. The van der Waals surface area contributed by atoms with Crippen LogP contribution in [0.4, 0.5) is 4.39 Å². The summed E-state index contributed by atoms with van der Waals surface area (Å²) < 4.78 is 12.8. The highest BCUT2D eigenvalue weighted by atomic mass is 127. The molecular weight excluding hydrogens is 372 g/mol. The number of nitrogens with zero attached hydrogens (tertiary/aromatic N) is 2. The lowest BCUT2D eigenvalue weighted by Gasteiger charge is -2.11. The van der Waals surface area contributed by atoms with Crippen LogP contribution in [0.15, 0.2) is 41.5 Å². The number of aromatic nitrogens is 2. The molecule has 108 valence electrons. The first-order valence-electron chi connectivity index (χ1n) is 5.95. The molecule has 2 rings (SSSR count). The highest BCUT2D eigenvalue weighted by Crippen LogP contribution is 2.01. The Kier molecular flexibility index (Phi) is 6.99. The van der Waals surface area contributed by atoms with Crippen molar-refractivity contribution in [1.29, 1.82) is 0 Å². The molecule has 1 aromatic heterocycles. The molecule has 0 aliphatic carbocycles. The van der Waals surface area contributed by atoms with Crippen LogP contribution in [-0.4, -0.2) is 23.2 Å². The van der Waals surface area contributed by atoms with E-state index in [1.54, 1.807) is 25.4 Å². The molecule has 0 radical (unpaired) electrons. The summed E-state index contributed by atoms with van der Waals surface area (Å²) in [6.45, 7) is 1.20. The van der Waals surface area contributed by atoms with Gasteiger partial charge in [0.25, 0.3) is 0 Å². The second-order valence-electron chi connectivity index (χ2n) is 3.99. The Morgan fingerprint density at radius 3 is 2.50 bits per heavy atom. The second-order valence-corrected chi connectivity index (χ2v) is 3.99. The number of guanidine groups is 1. The van der Waals surface area contributed by atoms with Crippen LogP contribution < -0.4 is 10.6 Å². The van der Waals surface area contributed by atoms with E-state index in [4.69, 9.17) is 0 Å². The van der Waals surface area contributed by atoms with Gasteiger partial charge in [-0.2, -0.15) is 5.10 Å². The molecule has 0 bridgehead atoms. The zero-order valence-electron chi connectivity index (χ0n) is 11.1. The Labute approximate surface area is 134 Å². The molecule has 0 fully saturated rings. The molecule has 5 nitrogen and oxygen atoms in total.